The third-order valence-electron chi connectivity index (χ3n) is 5.20. The van der Waals surface area contributed by atoms with E-state index >= 15 is 0 Å². The van der Waals surface area contributed by atoms with E-state index in [0.717, 1.165) is 23.2 Å². The standard InChI is InChI=1S/C24H29N3O4S/c1-5-25-18(12-13-32-4)24(29)26-19-14-16(10-11-22(19)30-3)27(2)20-15-23(28)31-21-9-7-6-8-17(20)21/h6-11,14-15,18,25H,5,12-13H2,1-4H3,(H,26,29)/t18-/m0/s1. The normalized spacial score (nSPS) is 11.9. The van der Waals surface area contributed by atoms with Crippen LogP contribution in [0.3, 0.4) is 0 Å². The third kappa shape index (κ3) is 5.44. The number of methoxy groups -OCH3 is 1. The van der Waals surface area contributed by atoms with Gasteiger partial charge < -0.3 is 24.7 Å². The fraction of sp³-hybridized carbons (Fsp3) is 0.333. The van der Waals surface area contributed by atoms with Gasteiger partial charge in [-0.3, -0.25) is 4.79 Å². The summed E-state index contributed by atoms with van der Waals surface area (Å²) in [5, 5.41) is 7.07. The number of nitrogens with one attached hydrogen (secondary N) is 2. The number of thioether (sulfide) groups is 1. The van der Waals surface area contributed by atoms with Gasteiger partial charge in [0.1, 0.15) is 11.3 Å². The maximum atomic E-state index is 12.9. The van der Waals surface area contributed by atoms with Gasteiger partial charge in [0, 0.05) is 24.2 Å². The minimum absolute atomic E-state index is 0.107. The molecule has 0 radical (unpaired) electrons. The Morgan fingerprint density at radius 1 is 1.22 bits per heavy atom. The number of anilines is 3. The molecule has 1 amide bonds. The van der Waals surface area contributed by atoms with Crippen LogP contribution in [0.1, 0.15) is 13.3 Å². The highest BCUT2D eigenvalue weighted by atomic mass is 32.2. The van der Waals surface area contributed by atoms with Gasteiger partial charge in [0.25, 0.3) is 0 Å². The molecule has 0 unspecified atom stereocenters. The number of carbonyl (C=O) groups is 1. The predicted octanol–water partition coefficient (Wildman–Crippen LogP) is 4.24. The summed E-state index contributed by atoms with van der Waals surface area (Å²) in [6, 6.07) is 14.1. The zero-order valence-corrected chi connectivity index (χ0v) is 19.6. The van der Waals surface area contributed by atoms with E-state index < -0.39 is 5.63 Å². The van der Waals surface area contributed by atoms with Crippen molar-refractivity contribution in [2.45, 2.75) is 19.4 Å². The Balaban J connectivity index is 1.94. The van der Waals surface area contributed by atoms with Gasteiger partial charge >= 0.3 is 5.63 Å². The fourth-order valence-corrected chi connectivity index (χ4v) is 4.01. The van der Waals surface area contributed by atoms with Crippen molar-refractivity contribution in [2.75, 3.05) is 42.9 Å². The zero-order chi connectivity index (χ0) is 23.1. The van der Waals surface area contributed by atoms with Crippen molar-refractivity contribution in [2.24, 2.45) is 0 Å². The summed E-state index contributed by atoms with van der Waals surface area (Å²) in [7, 11) is 3.44. The van der Waals surface area contributed by atoms with Crippen molar-refractivity contribution in [3.63, 3.8) is 0 Å². The van der Waals surface area contributed by atoms with Crippen LogP contribution in [0.25, 0.3) is 11.0 Å². The molecule has 0 spiro atoms. The number of amides is 1. The van der Waals surface area contributed by atoms with E-state index in [1.807, 2.05) is 55.5 Å². The number of rotatable bonds is 10. The number of nitrogens with zero attached hydrogens (tertiary/aromatic N) is 1. The number of ether oxygens (including phenoxy) is 1. The van der Waals surface area contributed by atoms with Crippen LogP contribution >= 0.6 is 11.8 Å². The Hall–Kier alpha value is -2.97. The quantitative estimate of drug-likeness (QED) is 0.443. The van der Waals surface area contributed by atoms with Crippen LogP contribution in [-0.2, 0) is 4.79 Å². The third-order valence-corrected chi connectivity index (χ3v) is 5.84. The number of fused-ring (bicyclic) bond motifs is 1. The molecule has 0 aliphatic rings. The average Bonchev–Trinajstić information content (AvgIpc) is 2.80. The zero-order valence-electron chi connectivity index (χ0n) is 18.8. The van der Waals surface area contributed by atoms with E-state index in [9.17, 15) is 9.59 Å². The van der Waals surface area contributed by atoms with Crippen molar-refractivity contribution in [3.8, 4) is 5.75 Å². The first-order valence-electron chi connectivity index (χ1n) is 10.5. The molecule has 3 aromatic rings. The number of benzene rings is 2. The molecule has 7 nitrogen and oxygen atoms in total. The minimum atomic E-state index is -0.421. The molecule has 2 N–H and O–H groups in total. The molecular weight excluding hydrogens is 426 g/mol. The smallest absolute Gasteiger partial charge is 0.338 e. The largest absolute Gasteiger partial charge is 0.495 e. The average molecular weight is 456 g/mol. The number of para-hydroxylation sites is 1. The van der Waals surface area contributed by atoms with Crippen LogP contribution in [0.15, 0.2) is 57.7 Å². The molecule has 1 heterocycles. The molecule has 3 rings (SSSR count). The lowest BCUT2D eigenvalue weighted by molar-refractivity contribution is -0.118. The molecule has 0 fully saturated rings. The second-order valence-corrected chi connectivity index (χ2v) is 8.26. The number of likely N-dealkylation sites (N-methyl/N-ethyl adjacent to an activating group) is 1. The summed E-state index contributed by atoms with van der Waals surface area (Å²) in [6.45, 7) is 2.69. The Bertz CT molecular complexity index is 1130. The molecule has 8 heteroatoms. The summed E-state index contributed by atoms with van der Waals surface area (Å²) in [6.07, 6.45) is 2.76. The number of hydrogen-bond donors (Lipinski definition) is 2. The summed E-state index contributed by atoms with van der Waals surface area (Å²) in [4.78, 5) is 26.9. The van der Waals surface area contributed by atoms with Crippen molar-refractivity contribution < 1.29 is 13.9 Å². The van der Waals surface area contributed by atoms with Gasteiger partial charge in [0.2, 0.25) is 5.91 Å². The molecule has 0 saturated carbocycles. The molecule has 32 heavy (non-hydrogen) atoms. The molecule has 0 aliphatic carbocycles. The summed E-state index contributed by atoms with van der Waals surface area (Å²) < 4.78 is 10.8. The van der Waals surface area contributed by atoms with Crippen molar-refractivity contribution in [1.29, 1.82) is 0 Å². The lowest BCUT2D eigenvalue weighted by atomic mass is 10.1. The molecular formula is C24H29N3O4S. The van der Waals surface area contributed by atoms with E-state index in [-0.39, 0.29) is 11.9 Å². The van der Waals surface area contributed by atoms with Crippen molar-refractivity contribution in [1.82, 2.24) is 5.32 Å². The van der Waals surface area contributed by atoms with E-state index in [1.165, 1.54) is 6.07 Å². The van der Waals surface area contributed by atoms with Gasteiger partial charge in [-0.1, -0.05) is 19.1 Å². The lowest BCUT2D eigenvalue weighted by Gasteiger charge is -2.23. The second kappa shape index (κ2) is 11.1. The minimum Gasteiger partial charge on any atom is -0.495 e. The number of carbonyl (C=O) groups excluding carboxylic acids is 1. The summed E-state index contributed by atoms with van der Waals surface area (Å²) in [5.41, 5.74) is 2.17. The van der Waals surface area contributed by atoms with Gasteiger partial charge in [-0.15, -0.1) is 0 Å². The van der Waals surface area contributed by atoms with Crippen LogP contribution in [0.2, 0.25) is 0 Å². The van der Waals surface area contributed by atoms with E-state index in [0.29, 0.717) is 29.3 Å². The first-order chi connectivity index (χ1) is 15.5. The molecule has 1 atom stereocenters. The fourth-order valence-electron chi connectivity index (χ4n) is 3.54. The van der Waals surface area contributed by atoms with Crippen molar-refractivity contribution in [3.05, 3.63) is 59.0 Å². The molecule has 0 bridgehead atoms. The van der Waals surface area contributed by atoms with Crippen LogP contribution in [0, 0.1) is 0 Å². The maximum absolute atomic E-state index is 12.9. The van der Waals surface area contributed by atoms with E-state index in [4.69, 9.17) is 9.15 Å². The molecule has 170 valence electrons. The first kappa shape index (κ1) is 23.7. The van der Waals surface area contributed by atoms with Crippen molar-refractivity contribution >= 4 is 45.7 Å². The Kier molecular flexibility index (Phi) is 8.19. The van der Waals surface area contributed by atoms with E-state index in [2.05, 4.69) is 10.6 Å². The SMILES string of the molecule is CCN[C@@H](CCSC)C(=O)Nc1cc(N(C)c2cc(=O)oc3ccccc23)ccc1OC. The van der Waals surface area contributed by atoms with E-state index in [1.54, 1.807) is 31.0 Å². The molecule has 0 saturated heterocycles. The molecule has 2 aromatic carbocycles. The van der Waals surface area contributed by atoms with Crippen LogP contribution in [0.4, 0.5) is 17.1 Å². The van der Waals surface area contributed by atoms with Gasteiger partial charge in [0.15, 0.2) is 0 Å². The highest BCUT2D eigenvalue weighted by Gasteiger charge is 2.20. The second-order valence-electron chi connectivity index (χ2n) is 7.27. The Morgan fingerprint density at radius 2 is 2.00 bits per heavy atom. The van der Waals surface area contributed by atoms with Gasteiger partial charge in [-0.25, -0.2) is 4.79 Å². The predicted molar refractivity (Wildman–Crippen MR) is 133 cm³/mol. The molecule has 1 aromatic heterocycles. The first-order valence-corrected chi connectivity index (χ1v) is 11.9. The van der Waals surface area contributed by atoms with Crippen LogP contribution < -0.4 is 25.9 Å². The summed E-state index contributed by atoms with van der Waals surface area (Å²) >= 11 is 1.71. The van der Waals surface area contributed by atoms with Crippen LogP contribution in [0.5, 0.6) is 5.75 Å². The Morgan fingerprint density at radius 3 is 2.72 bits per heavy atom. The topological polar surface area (TPSA) is 83.8 Å². The number of hydrogen-bond acceptors (Lipinski definition) is 7. The van der Waals surface area contributed by atoms with Crippen LogP contribution in [-0.4, -0.2) is 44.7 Å². The highest BCUT2D eigenvalue weighted by molar-refractivity contribution is 7.98. The highest BCUT2D eigenvalue weighted by Crippen LogP contribution is 2.34. The Labute approximate surface area is 192 Å². The van der Waals surface area contributed by atoms with Gasteiger partial charge in [-0.05, 0) is 55.3 Å². The van der Waals surface area contributed by atoms with Gasteiger partial charge in [-0.2, -0.15) is 11.8 Å². The maximum Gasteiger partial charge on any atom is 0.338 e. The monoisotopic (exact) mass is 455 g/mol. The molecule has 0 aliphatic heterocycles. The summed E-state index contributed by atoms with van der Waals surface area (Å²) in [5.74, 6) is 1.34. The van der Waals surface area contributed by atoms with Gasteiger partial charge in [0.05, 0.1) is 24.5 Å². The lowest BCUT2D eigenvalue weighted by Crippen LogP contribution is -2.40.